The first-order valence-electron chi connectivity index (χ1n) is 6.24. The first-order chi connectivity index (χ1) is 10.5. The Balaban J connectivity index is 2.45. The molecule has 0 aliphatic rings. The van der Waals surface area contributed by atoms with E-state index in [-0.39, 0.29) is 28.7 Å². The van der Waals surface area contributed by atoms with Crippen molar-refractivity contribution in [2.24, 2.45) is 0 Å². The van der Waals surface area contributed by atoms with Gasteiger partial charge in [-0.15, -0.1) is 0 Å². The highest BCUT2D eigenvalue weighted by Crippen LogP contribution is 2.34. The highest BCUT2D eigenvalue weighted by Gasteiger charge is 2.18. The molecule has 1 N–H and O–H groups in total. The molecule has 22 heavy (non-hydrogen) atoms. The van der Waals surface area contributed by atoms with Crippen molar-refractivity contribution in [3.63, 3.8) is 0 Å². The van der Waals surface area contributed by atoms with Crippen LogP contribution in [-0.4, -0.2) is 10.8 Å². The second-order valence-electron chi connectivity index (χ2n) is 4.33. The molecule has 0 saturated carbocycles. The molecule has 7 heteroatoms. The van der Waals surface area contributed by atoms with Crippen LogP contribution >= 0.6 is 0 Å². The van der Waals surface area contributed by atoms with Gasteiger partial charge in [0.1, 0.15) is 11.8 Å². The predicted octanol–water partition coefficient (Wildman–Crippen LogP) is 3.22. The number of rotatable bonds is 4. The lowest BCUT2D eigenvalue weighted by Crippen LogP contribution is -2.06. The summed E-state index contributed by atoms with van der Waals surface area (Å²) in [4.78, 5) is 21.6. The highest BCUT2D eigenvalue weighted by atomic mass is 16.6. The number of nitro groups is 1. The third-order valence-corrected chi connectivity index (χ3v) is 2.70. The molecule has 0 bridgehead atoms. The van der Waals surface area contributed by atoms with E-state index in [2.05, 4.69) is 5.32 Å². The van der Waals surface area contributed by atoms with Crippen molar-refractivity contribution >= 4 is 17.3 Å². The Morgan fingerprint density at radius 2 is 2.00 bits per heavy atom. The SMILES string of the molecule is CC(=O)Nc1ccc([N+](=O)[O-])c(Oc2ccccc2C#N)c1. The lowest BCUT2D eigenvalue weighted by molar-refractivity contribution is -0.385. The summed E-state index contributed by atoms with van der Waals surface area (Å²) in [6.07, 6.45) is 0. The van der Waals surface area contributed by atoms with Gasteiger partial charge in [-0.2, -0.15) is 5.26 Å². The molecule has 0 aliphatic carbocycles. The number of nitrogens with zero attached hydrogens (tertiary/aromatic N) is 2. The summed E-state index contributed by atoms with van der Waals surface area (Å²) in [5.41, 5.74) is 0.353. The highest BCUT2D eigenvalue weighted by molar-refractivity contribution is 5.89. The third-order valence-electron chi connectivity index (χ3n) is 2.70. The fourth-order valence-electron chi connectivity index (χ4n) is 1.79. The molecule has 0 atom stereocenters. The Morgan fingerprint density at radius 3 is 2.64 bits per heavy atom. The Kier molecular flexibility index (Phi) is 4.34. The number of carbonyl (C=O) groups is 1. The zero-order valence-electron chi connectivity index (χ0n) is 11.6. The van der Waals surface area contributed by atoms with Crippen LogP contribution < -0.4 is 10.1 Å². The Morgan fingerprint density at radius 1 is 1.27 bits per heavy atom. The summed E-state index contributed by atoms with van der Waals surface area (Å²) < 4.78 is 5.50. The normalized spacial score (nSPS) is 9.64. The monoisotopic (exact) mass is 297 g/mol. The number of hydrogen-bond acceptors (Lipinski definition) is 5. The van der Waals surface area contributed by atoms with E-state index in [1.807, 2.05) is 6.07 Å². The Bertz CT molecular complexity index is 781. The van der Waals surface area contributed by atoms with E-state index in [1.165, 1.54) is 31.2 Å². The largest absolute Gasteiger partial charge is 0.449 e. The van der Waals surface area contributed by atoms with Gasteiger partial charge in [0.15, 0.2) is 0 Å². The van der Waals surface area contributed by atoms with Gasteiger partial charge in [-0.3, -0.25) is 14.9 Å². The third kappa shape index (κ3) is 3.37. The predicted molar refractivity (Wildman–Crippen MR) is 78.6 cm³/mol. The molecule has 2 aromatic rings. The van der Waals surface area contributed by atoms with Gasteiger partial charge in [-0.05, 0) is 18.2 Å². The maximum Gasteiger partial charge on any atom is 0.311 e. The fourth-order valence-corrected chi connectivity index (χ4v) is 1.79. The van der Waals surface area contributed by atoms with Crippen LogP contribution in [0.3, 0.4) is 0 Å². The quantitative estimate of drug-likeness (QED) is 0.689. The van der Waals surface area contributed by atoms with Crippen molar-refractivity contribution in [1.82, 2.24) is 0 Å². The maximum absolute atomic E-state index is 11.1. The smallest absolute Gasteiger partial charge is 0.311 e. The second kappa shape index (κ2) is 6.37. The van der Waals surface area contributed by atoms with E-state index in [0.717, 1.165) is 0 Å². The molecule has 2 rings (SSSR count). The van der Waals surface area contributed by atoms with E-state index in [0.29, 0.717) is 5.69 Å². The molecule has 0 heterocycles. The van der Waals surface area contributed by atoms with Gasteiger partial charge in [-0.1, -0.05) is 12.1 Å². The second-order valence-corrected chi connectivity index (χ2v) is 4.33. The zero-order chi connectivity index (χ0) is 16.1. The molecular weight excluding hydrogens is 286 g/mol. The molecule has 0 saturated heterocycles. The van der Waals surface area contributed by atoms with Crippen molar-refractivity contribution in [3.8, 4) is 17.6 Å². The van der Waals surface area contributed by atoms with Crippen molar-refractivity contribution < 1.29 is 14.5 Å². The average Bonchev–Trinajstić information content (AvgIpc) is 2.47. The molecule has 0 fully saturated rings. The van der Waals surface area contributed by atoms with Gasteiger partial charge in [0.25, 0.3) is 0 Å². The number of nitrogens with one attached hydrogen (secondary N) is 1. The molecular formula is C15H11N3O4. The van der Waals surface area contributed by atoms with Gasteiger partial charge in [0.05, 0.1) is 10.5 Å². The fraction of sp³-hybridized carbons (Fsp3) is 0.0667. The molecule has 1 amide bonds. The summed E-state index contributed by atoms with van der Waals surface area (Å²) in [5.74, 6) is -0.163. The molecule has 7 nitrogen and oxygen atoms in total. The standard InChI is InChI=1S/C15H11N3O4/c1-10(19)17-12-6-7-13(18(20)21)15(8-12)22-14-5-3-2-4-11(14)9-16/h2-8H,1H3,(H,17,19). The Labute approximate surface area is 125 Å². The van der Waals surface area contributed by atoms with Crippen molar-refractivity contribution in [2.75, 3.05) is 5.32 Å². The molecule has 0 radical (unpaired) electrons. The Hall–Kier alpha value is -3.40. The molecule has 2 aromatic carbocycles. The molecule has 0 aliphatic heterocycles. The maximum atomic E-state index is 11.1. The average molecular weight is 297 g/mol. The van der Waals surface area contributed by atoms with Crippen LogP contribution in [0.25, 0.3) is 0 Å². The van der Waals surface area contributed by atoms with E-state index < -0.39 is 4.92 Å². The molecule has 0 unspecified atom stereocenters. The van der Waals surface area contributed by atoms with Gasteiger partial charge in [0, 0.05) is 24.7 Å². The molecule has 0 spiro atoms. The van der Waals surface area contributed by atoms with Crippen LogP contribution in [0, 0.1) is 21.4 Å². The van der Waals surface area contributed by atoms with E-state index >= 15 is 0 Å². The van der Waals surface area contributed by atoms with Gasteiger partial charge < -0.3 is 10.1 Å². The number of hydrogen-bond donors (Lipinski definition) is 1. The van der Waals surface area contributed by atoms with Gasteiger partial charge in [-0.25, -0.2) is 0 Å². The minimum atomic E-state index is -0.595. The van der Waals surface area contributed by atoms with Crippen LogP contribution in [0.15, 0.2) is 42.5 Å². The zero-order valence-corrected chi connectivity index (χ0v) is 11.6. The lowest BCUT2D eigenvalue weighted by Gasteiger charge is -2.09. The van der Waals surface area contributed by atoms with Crippen LogP contribution in [0.4, 0.5) is 11.4 Å². The summed E-state index contributed by atoms with van der Waals surface area (Å²) in [5, 5.41) is 22.6. The van der Waals surface area contributed by atoms with E-state index in [1.54, 1.807) is 18.2 Å². The number of benzene rings is 2. The van der Waals surface area contributed by atoms with E-state index in [4.69, 9.17) is 10.00 Å². The van der Waals surface area contributed by atoms with Crippen LogP contribution in [0.5, 0.6) is 11.5 Å². The number of anilines is 1. The number of amides is 1. The number of carbonyl (C=O) groups excluding carboxylic acids is 1. The summed E-state index contributed by atoms with van der Waals surface area (Å²) >= 11 is 0. The first-order valence-corrected chi connectivity index (χ1v) is 6.24. The van der Waals surface area contributed by atoms with E-state index in [9.17, 15) is 14.9 Å². The topological polar surface area (TPSA) is 105 Å². The van der Waals surface area contributed by atoms with Gasteiger partial charge >= 0.3 is 5.69 Å². The van der Waals surface area contributed by atoms with Crippen molar-refractivity contribution in [2.45, 2.75) is 6.92 Å². The minimum absolute atomic E-state index is 0.0565. The number of nitro benzene ring substituents is 1. The number of para-hydroxylation sites is 1. The molecule has 0 aromatic heterocycles. The lowest BCUT2D eigenvalue weighted by atomic mass is 10.2. The van der Waals surface area contributed by atoms with Crippen LogP contribution in [-0.2, 0) is 4.79 Å². The number of nitriles is 1. The summed E-state index contributed by atoms with van der Waals surface area (Å²) in [7, 11) is 0. The summed E-state index contributed by atoms with van der Waals surface area (Å²) in [6.45, 7) is 1.33. The summed E-state index contributed by atoms with van der Waals surface area (Å²) in [6, 6.07) is 12.3. The van der Waals surface area contributed by atoms with Gasteiger partial charge in [0.2, 0.25) is 11.7 Å². The van der Waals surface area contributed by atoms with Crippen LogP contribution in [0.1, 0.15) is 12.5 Å². The van der Waals surface area contributed by atoms with Crippen molar-refractivity contribution in [1.29, 1.82) is 5.26 Å². The molecule has 110 valence electrons. The first kappa shape index (κ1) is 15.0. The number of ether oxygens (including phenoxy) is 1. The van der Waals surface area contributed by atoms with Crippen molar-refractivity contribution in [3.05, 3.63) is 58.1 Å². The van der Waals surface area contributed by atoms with Crippen LogP contribution in [0.2, 0.25) is 0 Å². The minimum Gasteiger partial charge on any atom is -0.449 e.